The molecule has 1 rings (SSSR count). The van der Waals surface area contributed by atoms with Gasteiger partial charge >= 0.3 is 12.1 Å². The summed E-state index contributed by atoms with van der Waals surface area (Å²) in [6.07, 6.45) is -3.02. The van der Waals surface area contributed by atoms with Crippen LogP contribution in [0.5, 0.6) is 0 Å². The molecule has 0 spiro atoms. The zero-order valence-corrected chi connectivity index (χ0v) is 12.6. The highest BCUT2D eigenvalue weighted by atomic mass is 32.2. The minimum absolute atomic E-state index is 0.0383. The molecule has 1 N–H and O–H groups in total. The standard InChI is InChI=1S/C13H15F3N2O3S/c1-21-12(20)3-2-6-17-10(19)8-22-11-5-4-9(7-18-11)13(14,15)16/h4-5,7H,2-3,6,8H2,1H3,(H,17,19). The van der Waals surface area contributed by atoms with Crippen molar-refractivity contribution in [3.63, 3.8) is 0 Å². The normalized spacial score (nSPS) is 11.1. The molecule has 1 aromatic heterocycles. The number of halogens is 3. The second-order valence-electron chi connectivity index (χ2n) is 4.20. The van der Waals surface area contributed by atoms with Crippen LogP contribution in [0.2, 0.25) is 0 Å². The number of ether oxygens (including phenoxy) is 1. The zero-order valence-electron chi connectivity index (χ0n) is 11.8. The number of hydrogen-bond donors (Lipinski definition) is 1. The van der Waals surface area contributed by atoms with Crippen molar-refractivity contribution >= 4 is 23.6 Å². The van der Waals surface area contributed by atoms with Gasteiger partial charge < -0.3 is 10.1 Å². The lowest BCUT2D eigenvalue weighted by atomic mass is 10.3. The SMILES string of the molecule is COC(=O)CCCNC(=O)CSc1ccc(C(F)(F)F)cn1. The monoisotopic (exact) mass is 336 g/mol. The van der Waals surface area contributed by atoms with Crippen LogP contribution in [-0.4, -0.2) is 36.3 Å². The van der Waals surface area contributed by atoms with Gasteiger partial charge in [-0.3, -0.25) is 9.59 Å². The molecule has 0 aliphatic heterocycles. The van der Waals surface area contributed by atoms with Gasteiger partial charge in [0, 0.05) is 19.2 Å². The van der Waals surface area contributed by atoms with E-state index in [1.54, 1.807) is 0 Å². The molecule has 0 radical (unpaired) electrons. The minimum Gasteiger partial charge on any atom is -0.469 e. The number of esters is 1. The van der Waals surface area contributed by atoms with Gasteiger partial charge in [-0.25, -0.2) is 4.98 Å². The van der Waals surface area contributed by atoms with E-state index < -0.39 is 11.7 Å². The number of thioether (sulfide) groups is 1. The number of carbonyl (C=O) groups is 2. The fraction of sp³-hybridized carbons (Fsp3) is 0.462. The number of carbonyl (C=O) groups excluding carboxylic acids is 2. The molecule has 1 heterocycles. The van der Waals surface area contributed by atoms with Crippen molar-refractivity contribution < 1.29 is 27.5 Å². The fourth-order valence-corrected chi connectivity index (χ4v) is 2.06. The molecule has 0 aromatic carbocycles. The summed E-state index contributed by atoms with van der Waals surface area (Å²) < 4.78 is 41.5. The quantitative estimate of drug-likeness (QED) is 0.470. The Kier molecular flexibility index (Phi) is 7.16. The van der Waals surface area contributed by atoms with Gasteiger partial charge in [-0.1, -0.05) is 11.8 Å². The van der Waals surface area contributed by atoms with Gasteiger partial charge in [0.15, 0.2) is 0 Å². The van der Waals surface area contributed by atoms with Crippen LogP contribution in [0, 0.1) is 0 Å². The smallest absolute Gasteiger partial charge is 0.417 e. The van der Waals surface area contributed by atoms with Gasteiger partial charge in [0.05, 0.1) is 23.5 Å². The van der Waals surface area contributed by atoms with Crippen molar-refractivity contribution in [3.05, 3.63) is 23.9 Å². The molecule has 0 atom stereocenters. The summed E-state index contributed by atoms with van der Waals surface area (Å²) >= 11 is 1.03. The third-order valence-electron chi connectivity index (χ3n) is 2.52. The molecule has 0 saturated heterocycles. The first-order valence-electron chi connectivity index (χ1n) is 6.32. The molecule has 0 saturated carbocycles. The predicted octanol–water partition coefficient (Wildman–Crippen LogP) is 2.26. The number of rotatable bonds is 7. The summed E-state index contributed by atoms with van der Waals surface area (Å²) in [6, 6.07) is 2.14. The van der Waals surface area contributed by atoms with Gasteiger partial charge in [0.2, 0.25) is 5.91 Å². The highest BCUT2D eigenvalue weighted by Crippen LogP contribution is 2.29. The minimum atomic E-state index is -4.42. The Morgan fingerprint density at radius 1 is 1.36 bits per heavy atom. The summed E-state index contributed by atoms with van der Waals surface area (Å²) in [7, 11) is 1.29. The van der Waals surface area contributed by atoms with Crippen LogP contribution in [0.1, 0.15) is 18.4 Å². The number of pyridine rings is 1. The Balaban J connectivity index is 2.28. The van der Waals surface area contributed by atoms with Crippen molar-refractivity contribution in [1.29, 1.82) is 0 Å². The van der Waals surface area contributed by atoms with Crippen LogP contribution >= 0.6 is 11.8 Å². The molecule has 5 nitrogen and oxygen atoms in total. The molecule has 9 heteroatoms. The molecule has 0 aliphatic rings. The van der Waals surface area contributed by atoms with Crippen LogP contribution in [0.3, 0.4) is 0 Å². The second-order valence-corrected chi connectivity index (χ2v) is 5.20. The van der Waals surface area contributed by atoms with E-state index >= 15 is 0 Å². The first-order valence-corrected chi connectivity index (χ1v) is 7.31. The Morgan fingerprint density at radius 3 is 2.64 bits per heavy atom. The highest BCUT2D eigenvalue weighted by molar-refractivity contribution is 7.99. The Hall–Kier alpha value is -1.77. The van der Waals surface area contributed by atoms with E-state index in [2.05, 4.69) is 15.0 Å². The average Bonchev–Trinajstić information content (AvgIpc) is 2.48. The van der Waals surface area contributed by atoms with Crippen LogP contribution in [-0.2, 0) is 20.5 Å². The first-order chi connectivity index (χ1) is 10.3. The Morgan fingerprint density at radius 2 is 2.09 bits per heavy atom. The maximum absolute atomic E-state index is 12.3. The van der Waals surface area contributed by atoms with Crippen LogP contribution in [0.15, 0.2) is 23.4 Å². The van der Waals surface area contributed by atoms with Crippen molar-refractivity contribution in [2.24, 2.45) is 0 Å². The lowest BCUT2D eigenvalue weighted by Crippen LogP contribution is -2.26. The summed E-state index contributed by atoms with van der Waals surface area (Å²) in [5.74, 6) is -0.592. The molecule has 0 fully saturated rings. The summed E-state index contributed by atoms with van der Waals surface area (Å²) in [5, 5.41) is 2.92. The molecule has 122 valence electrons. The third kappa shape index (κ3) is 6.79. The van der Waals surface area contributed by atoms with Gasteiger partial charge in [0.25, 0.3) is 0 Å². The third-order valence-corrected chi connectivity index (χ3v) is 3.47. The van der Waals surface area contributed by atoms with E-state index in [1.165, 1.54) is 13.2 Å². The highest BCUT2D eigenvalue weighted by Gasteiger charge is 2.30. The molecule has 0 unspecified atom stereocenters. The van der Waals surface area contributed by atoms with Crippen LogP contribution < -0.4 is 5.32 Å². The Bertz CT molecular complexity index is 506. The topological polar surface area (TPSA) is 68.3 Å². The molecular formula is C13H15F3N2O3S. The lowest BCUT2D eigenvalue weighted by Gasteiger charge is -2.07. The largest absolute Gasteiger partial charge is 0.469 e. The number of nitrogens with zero attached hydrogens (tertiary/aromatic N) is 1. The molecule has 1 amide bonds. The maximum atomic E-state index is 12.3. The fourth-order valence-electron chi connectivity index (χ4n) is 1.39. The van der Waals surface area contributed by atoms with E-state index in [0.29, 0.717) is 18.0 Å². The van der Waals surface area contributed by atoms with E-state index in [-0.39, 0.29) is 24.1 Å². The van der Waals surface area contributed by atoms with E-state index in [0.717, 1.165) is 24.0 Å². The molecular weight excluding hydrogens is 321 g/mol. The molecule has 1 aromatic rings. The molecule has 0 bridgehead atoms. The predicted molar refractivity (Wildman–Crippen MR) is 74.2 cm³/mol. The molecule has 0 aliphatic carbocycles. The number of amides is 1. The Labute approximate surface area is 129 Å². The summed E-state index contributed by atoms with van der Waals surface area (Å²) in [4.78, 5) is 26.0. The van der Waals surface area contributed by atoms with Crippen LogP contribution in [0.4, 0.5) is 13.2 Å². The van der Waals surface area contributed by atoms with Gasteiger partial charge in [0.1, 0.15) is 0 Å². The van der Waals surface area contributed by atoms with Gasteiger partial charge in [-0.15, -0.1) is 0 Å². The van der Waals surface area contributed by atoms with Gasteiger partial charge in [-0.2, -0.15) is 13.2 Å². The number of aromatic nitrogens is 1. The summed E-state index contributed by atoms with van der Waals surface area (Å²) in [5.41, 5.74) is -0.830. The average molecular weight is 336 g/mol. The van der Waals surface area contributed by atoms with E-state index in [9.17, 15) is 22.8 Å². The van der Waals surface area contributed by atoms with Crippen molar-refractivity contribution in [2.75, 3.05) is 19.4 Å². The number of nitrogens with one attached hydrogen (secondary N) is 1. The van der Waals surface area contributed by atoms with Crippen molar-refractivity contribution in [3.8, 4) is 0 Å². The maximum Gasteiger partial charge on any atom is 0.417 e. The number of alkyl halides is 3. The van der Waals surface area contributed by atoms with Crippen LogP contribution in [0.25, 0.3) is 0 Å². The van der Waals surface area contributed by atoms with E-state index in [4.69, 9.17) is 0 Å². The number of hydrogen-bond acceptors (Lipinski definition) is 5. The summed E-state index contributed by atoms with van der Waals surface area (Å²) in [6.45, 7) is 0.328. The molecule has 22 heavy (non-hydrogen) atoms. The first kappa shape index (κ1) is 18.3. The lowest BCUT2D eigenvalue weighted by molar-refractivity contribution is -0.141. The van der Waals surface area contributed by atoms with E-state index in [1.807, 2.05) is 0 Å². The van der Waals surface area contributed by atoms with Crippen molar-refractivity contribution in [2.45, 2.75) is 24.0 Å². The number of methoxy groups -OCH3 is 1. The van der Waals surface area contributed by atoms with Gasteiger partial charge in [-0.05, 0) is 18.6 Å². The zero-order chi connectivity index (χ0) is 16.6. The van der Waals surface area contributed by atoms with Crippen molar-refractivity contribution in [1.82, 2.24) is 10.3 Å². The second kappa shape index (κ2) is 8.62.